The lowest BCUT2D eigenvalue weighted by atomic mass is 10.0. The molecule has 4 aromatic rings. The maximum Gasteiger partial charge on any atom is 0.307 e. The normalized spacial score (nSPS) is 13.8. The number of pyridine rings is 2. The lowest BCUT2D eigenvalue weighted by molar-refractivity contribution is -0.140. The number of fused-ring (bicyclic) bond motifs is 1. The number of esters is 1. The van der Waals surface area contributed by atoms with Crippen LogP contribution in [-0.2, 0) is 16.6 Å². The Labute approximate surface area is 236 Å². The van der Waals surface area contributed by atoms with Gasteiger partial charge in [-0.2, -0.15) is 0 Å². The molecule has 1 saturated heterocycles. The van der Waals surface area contributed by atoms with Gasteiger partial charge in [0.1, 0.15) is 11.6 Å². The summed E-state index contributed by atoms with van der Waals surface area (Å²) in [5, 5.41) is 0.833. The third kappa shape index (κ3) is 5.58. The monoisotopic (exact) mass is 560 g/mol. The van der Waals surface area contributed by atoms with Crippen LogP contribution >= 0.6 is 11.3 Å². The molecule has 3 aromatic heterocycles. The SMILES string of the molecule is COC(=O)CCN(C(=O)c1cc2c(OC)ccc(-c3ccc(=O)n(C)c3)c2s1)C1CCN(c2ccccn2)CC1. The molecule has 4 heterocycles. The number of rotatable bonds is 8. The average Bonchev–Trinajstić information content (AvgIpc) is 3.44. The van der Waals surface area contributed by atoms with Crippen molar-refractivity contribution in [3.05, 3.63) is 76.2 Å². The van der Waals surface area contributed by atoms with Crippen molar-refractivity contribution in [2.24, 2.45) is 7.05 Å². The van der Waals surface area contributed by atoms with Gasteiger partial charge in [-0.15, -0.1) is 11.3 Å². The van der Waals surface area contributed by atoms with Crippen LogP contribution in [0.2, 0.25) is 0 Å². The standard InChI is InChI=1S/C30H32N4O5S/c1-32-19-20(7-10-27(32)35)22-8-9-24(38-2)23-18-25(40-29(22)23)30(37)34(17-13-28(36)39-3)21-11-15-33(16-12-21)26-6-4-5-14-31-26/h4-10,14,18-19,21H,11-13,15-17H2,1-3H3. The summed E-state index contributed by atoms with van der Waals surface area (Å²) in [5.41, 5.74) is 1.70. The lowest BCUT2D eigenvalue weighted by Gasteiger charge is -2.38. The van der Waals surface area contributed by atoms with Crippen molar-refractivity contribution in [1.82, 2.24) is 14.5 Å². The molecule has 208 valence electrons. The third-order valence-corrected chi connectivity index (χ3v) is 8.55. The number of carbonyl (C=O) groups is 2. The van der Waals surface area contributed by atoms with Crippen LogP contribution in [0.15, 0.2) is 65.7 Å². The topological polar surface area (TPSA) is 94.0 Å². The Morgan fingerprint density at radius 1 is 1.10 bits per heavy atom. The predicted octanol–water partition coefficient (Wildman–Crippen LogP) is 4.34. The van der Waals surface area contributed by atoms with Gasteiger partial charge in [0.15, 0.2) is 0 Å². The third-order valence-electron chi connectivity index (χ3n) is 7.39. The number of aryl methyl sites for hydroxylation is 1. The molecule has 0 radical (unpaired) electrons. The summed E-state index contributed by atoms with van der Waals surface area (Å²) in [6, 6.07) is 14.9. The molecule has 0 unspecified atom stereocenters. The number of hydrogen-bond donors (Lipinski definition) is 0. The summed E-state index contributed by atoms with van der Waals surface area (Å²) >= 11 is 1.40. The van der Waals surface area contributed by atoms with Gasteiger partial charge in [-0.25, -0.2) is 4.98 Å². The average molecular weight is 561 g/mol. The molecule has 1 fully saturated rings. The minimum absolute atomic E-state index is 0.0210. The van der Waals surface area contributed by atoms with Crippen LogP contribution in [0.1, 0.15) is 28.9 Å². The fourth-order valence-corrected chi connectivity index (χ4v) is 6.38. The molecule has 0 atom stereocenters. The van der Waals surface area contributed by atoms with Crippen LogP contribution in [0.4, 0.5) is 5.82 Å². The largest absolute Gasteiger partial charge is 0.496 e. The molecule has 1 aromatic carbocycles. The van der Waals surface area contributed by atoms with Crippen LogP contribution in [0, 0.1) is 0 Å². The summed E-state index contributed by atoms with van der Waals surface area (Å²) in [7, 11) is 4.69. The van der Waals surface area contributed by atoms with Crippen LogP contribution in [-0.4, -0.2) is 66.2 Å². The van der Waals surface area contributed by atoms with E-state index >= 15 is 0 Å². The van der Waals surface area contributed by atoms with E-state index in [1.165, 1.54) is 29.1 Å². The van der Waals surface area contributed by atoms with E-state index in [9.17, 15) is 14.4 Å². The van der Waals surface area contributed by atoms with Gasteiger partial charge in [0.05, 0.1) is 25.5 Å². The van der Waals surface area contributed by atoms with E-state index in [0.29, 0.717) is 10.6 Å². The molecule has 0 aliphatic carbocycles. The number of anilines is 1. The highest BCUT2D eigenvalue weighted by Crippen LogP contribution is 2.40. The highest BCUT2D eigenvalue weighted by Gasteiger charge is 2.31. The number of methoxy groups -OCH3 is 2. The van der Waals surface area contributed by atoms with Gasteiger partial charge >= 0.3 is 5.97 Å². The first-order valence-corrected chi connectivity index (χ1v) is 14.0. The number of piperidine rings is 1. The molecule has 40 heavy (non-hydrogen) atoms. The van der Waals surface area contributed by atoms with Gasteiger partial charge in [-0.05, 0) is 54.8 Å². The molecule has 1 amide bonds. The zero-order valence-electron chi connectivity index (χ0n) is 22.8. The first-order valence-electron chi connectivity index (χ1n) is 13.2. The van der Waals surface area contributed by atoms with Crippen LogP contribution < -0.4 is 15.2 Å². The molecule has 1 aliphatic heterocycles. The number of benzene rings is 1. The molecule has 0 saturated carbocycles. The molecule has 5 rings (SSSR count). The van der Waals surface area contributed by atoms with E-state index < -0.39 is 0 Å². The van der Waals surface area contributed by atoms with E-state index in [-0.39, 0.29) is 36.4 Å². The number of ether oxygens (including phenoxy) is 2. The number of aromatic nitrogens is 2. The van der Waals surface area contributed by atoms with E-state index in [1.54, 1.807) is 32.6 Å². The Hall–Kier alpha value is -4.18. The molecule has 10 heteroatoms. The summed E-state index contributed by atoms with van der Waals surface area (Å²) in [6.45, 7) is 1.81. The van der Waals surface area contributed by atoms with Crippen LogP contribution in [0.25, 0.3) is 21.2 Å². The second-order valence-corrected chi connectivity index (χ2v) is 10.8. The predicted molar refractivity (Wildman–Crippen MR) is 156 cm³/mol. The summed E-state index contributed by atoms with van der Waals surface area (Å²) in [4.78, 5) is 47.2. The first kappa shape index (κ1) is 27.4. The molecular formula is C30H32N4O5S. The van der Waals surface area contributed by atoms with Gasteiger partial charge in [-0.1, -0.05) is 6.07 Å². The number of thiophene rings is 1. The van der Waals surface area contributed by atoms with Crippen molar-refractivity contribution < 1.29 is 19.1 Å². The van der Waals surface area contributed by atoms with Gasteiger partial charge in [0, 0.05) is 66.8 Å². The molecule has 0 bridgehead atoms. The number of nitrogens with zero attached hydrogens (tertiary/aromatic N) is 4. The summed E-state index contributed by atoms with van der Waals surface area (Å²) in [5.74, 6) is 1.13. The minimum Gasteiger partial charge on any atom is -0.496 e. The van der Waals surface area contributed by atoms with Crippen molar-refractivity contribution in [1.29, 1.82) is 0 Å². The fourth-order valence-electron chi connectivity index (χ4n) is 5.22. The van der Waals surface area contributed by atoms with Crippen molar-refractivity contribution >= 4 is 39.1 Å². The smallest absolute Gasteiger partial charge is 0.307 e. The summed E-state index contributed by atoms with van der Waals surface area (Å²) in [6.07, 6.45) is 5.23. The van der Waals surface area contributed by atoms with E-state index in [2.05, 4.69) is 9.88 Å². The lowest BCUT2D eigenvalue weighted by Crippen LogP contribution is -2.48. The Morgan fingerprint density at radius 2 is 1.90 bits per heavy atom. The Kier molecular flexibility index (Phi) is 8.16. The highest BCUT2D eigenvalue weighted by molar-refractivity contribution is 7.21. The fraction of sp³-hybridized carbons (Fsp3) is 0.333. The maximum atomic E-state index is 14.1. The number of carbonyl (C=O) groups excluding carboxylic acids is 2. The Morgan fingerprint density at radius 3 is 2.58 bits per heavy atom. The minimum atomic E-state index is -0.348. The second-order valence-electron chi connectivity index (χ2n) is 9.77. The first-order chi connectivity index (χ1) is 19.4. The molecule has 9 nitrogen and oxygen atoms in total. The van der Waals surface area contributed by atoms with E-state index in [1.807, 2.05) is 41.3 Å². The van der Waals surface area contributed by atoms with Gasteiger partial charge < -0.3 is 23.8 Å². The highest BCUT2D eigenvalue weighted by atomic mass is 32.1. The van der Waals surface area contributed by atoms with Crippen molar-refractivity contribution in [2.45, 2.75) is 25.3 Å². The van der Waals surface area contributed by atoms with Crippen LogP contribution in [0.5, 0.6) is 5.75 Å². The second kappa shape index (κ2) is 11.9. The maximum absolute atomic E-state index is 14.1. The van der Waals surface area contributed by atoms with Crippen molar-refractivity contribution in [3.8, 4) is 16.9 Å². The molecule has 1 aliphatic rings. The quantitative estimate of drug-likeness (QED) is 0.296. The Balaban J connectivity index is 1.47. The van der Waals surface area contributed by atoms with Crippen LogP contribution in [0.3, 0.4) is 0 Å². The molecule has 0 N–H and O–H groups in total. The summed E-state index contributed by atoms with van der Waals surface area (Å²) < 4.78 is 13.0. The number of hydrogen-bond acceptors (Lipinski definition) is 8. The van der Waals surface area contributed by atoms with Gasteiger partial charge in [0.25, 0.3) is 5.91 Å². The number of amides is 1. The van der Waals surface area contributed by atoms with E-state index in [4.69, 9.17) is 9.47 Å². The zero-order chi connectivity index (χ0) is 28.2. The van der Waals surface area contributed by atoms with Crippen molar-refractivity contribution in [2.75, 3.05) is 38.8 Å². The Bertz CT molecular complexity index is 1570. The molecule has 0 spiro atoms. The van der Waals surface area contributed by atoms with Crippen molar-refractivity contribution in [3.63, 3.8) is 0 Å². The van der Waals surface area contributed by atoms with E-state index in [0.717, 1.165) is 53.0 Å². The molecular weight excluding hydrogens is 528 g/mol. The van der Waals surface area contributed by atoms with Gasteiger partial charge in [0.2, 0.25) is 5.56 Å². The van der Waals surface area contributed by atoms with Gasteiger partial charge in [-0.3, -0.25) is 14.4 Å². The zero-order valence-corrected chi connectivity index (χ0v) is 23.6.